The third-order valence-corrected chi connectivity index (χ3v) is 4.49. The number of benzene rings is 1. The zero-order chi connectivity index (χ0) is 17.5. The minimum atomic E-state index is -0.530. The number of halogens is 2. The van der Waals surface area contributed by atoms with Crippen LogP contribution in [0.5, 0.6) is 0 Å². The lowest BCUT2D eigenvalue weighted by molar-refractivity contribution is 0.0168. The molecule has 8 heteroatoms. The molecule has 3 rings (SSSR count). The van der Waals surface area contributed by atoms with Crippen LogP contribution in [0.15, 0.2) is 16.6 Å². The van der Waals surface area contributed by atoms with Gasteiger partial charge in [-0.15, -0.1) is 5.10 Å². The van der Waals surface area contributed by atoms with Gasteiger partial charge in [-0.05, 0) is 55.6 Å². The lowest BCUT2D eigenvalue weighted by atomic mass is 10.1. The molecule has 0 saturated carbocycles. The Morgan fingerprint density at radius 2 is 2.17 bits per heavy atom. The first-order valence-corrected chi connectivity index (χ1v) is 8.72. The van der Waals surface area contributed by atoms with Gasteiger partial charge in [0.1, 0.15) is 16.9 Å². The fourth-order valence-electron chi connectivity index (χ4n) is 2.88. The van der Waals surface area contributed by atoms with Crippen molar-refractivity contribution in [1.29, 1.82) is 0 Å². The Bertz CT molecular complexity index is 771. The van der Waals surface area contributed by atoms with Gasteiger partial charge in [0.25, 0.3) is 0 Å². The molecule has 0 N–H and O–H groups in total. The van der Waals surface area contributed by atoms with E-state index in [0.717, 1.165) is 12.8 Å². The molecule has 2 aromatic rings. The van der Waals surface area contributed by atoms with Crippen LogP contribution in [0.3, 0.4) is 0 Å². The van der Waals surface area contributed by atoms with Crippen LogP contribution in [-0.2, 0) is 4.74 Å². The summed E-state index contributed by atoms with van der Waals surface area (Å²) in [5.74, 6) is -0.349. The average molecular weight is 399 g/mol. The van der Waals surface area contributed by atoms with Crippen LogP contribution in [-0.4, -0.2) is 44.7 Å². The van der Waals surface area contributed by atoms with Crippen molar-refractivity contribution in [3.05, 3.63) is 22.4 Å². The van der Waals surface area contributed by atoms with E-state index in [1.807, 2.05) is 20.8 Å². The largest absolute Gasteiger partial charge is 0.444 e. The van der Waals surface area contributed by atoms with Crippen molar-refractivity contribution in [3.63, 3.8) is 0 Å². The monoisotopic (exact) mass is 398 g/mol. The van der Waals surface area contributed by atoms with E-state index in [1.54, 1.807) is 9.58 Å². The second-order valence-corrected chi connectivity index (χ2v) is 7.87. The van der Waals surface area contributed by atoms with Crippen molar-refractivity contribution in [3.8, 4) is 0 Å². The highest BCUT2D eigenvalue weighted by atomic mass is 79.9. The van der Waals surface area contributed by atoms with E-state index < -0.39 is 5.60 Å². The summed E-state index contributed by atoms with van der Waals surface area (Å²) in [4.78, 5) is 14.0. The van der Waals surface area contributed by atoms with Crippen molar-refractivity contribution >= 4 is 33.1 Å². The SMILES string of the molecule is CC(C)(C)OC(=O)N1CCCC(n2nnc3c(Br)cc(F)cc32)C1. The fraction of sp³-hybridized carbons (Fsp3) is 0.562. The molecule has 24 heavy (non-hydrogen) atoms. The minimum Gasteiger partial charge on any atom is -0.444 e. The molecule has 1 amide bonds. The Labute approximate surface area is 148 Å². The predicted molar refractivity (Wildman–Crippen MR) is 91.3 cm³/mol. The lowest BCUT2D eigenvalue weighted by Gasteiger charge is -2.34. The van der Waals surface area contributed by atoms with E-state index in [0.29, 0.717) is 28.6 Å². The summed E-state index contributed by atoms with van der Waals surface area (Å²) in [6, 6.07) is 2.74. The van der Waals surface area contributed by atoms with Crippen LogP contribution >= 0.6 is 15.9 Å². The van der Waals surface area contributed by atoms with Crippen LogP contribution in [0.1, 0.15) is 39.7 Å². The number of hydrogen-bond acceptors (Lipinski definition) is 4. The molecule has 2 heterocycles. The van der Waals surface area contributed by atoms with E-state index in [-0.39, 0.29) is 18.0 Å². The molecule has 1 saturated heterocycles. The van der Waals surface area contributed by atoms with E-state index >= 15 is 0 Å². The minimum absolute atomic E-state index is 0.0510. The van der Waals surface area contributed by atoms with Gasteiger partial charge in [0.05, 0.1) is 16.0 Å². The second kappa shape index (κ2) is 6.31. The van der Waals surface area contributed by atoms with Gasteiger partial charge in [-0.1, -0.05) is 5.21 Å². The summed E-state index contributed by atoms with van der Waals surface area (Å²) in [5, 5.41) is 8.31. The van der Waals surface area contributed by atoms with Crippen LogP contribution in [0.25, 0.3) is 11.0 Å². The average Bonchev–Trinajstić information content (AvgIpc) is 2.89. The number of nitrogens with zero attached hydrogens (tertiary/aromatic N) is 4. The van der Waals surface area contributed by atoms with Gasteiger partial charge in [-0.3, -0.25) is 0 Å². The molecule has 130 valence electrons. The highest BCUT2D eigenvalue weighted by Crippen LogP contribution is 2.29. The van der Waals surface area contributed by atoms with Gasteiger partial charge in [-0.25, -0.2) is 13.9 Å². The Hall–Kier alpha value is -1.70. The van der Waals surface area contributed by atoms with Crippen molar-refractivity contribution in [1.82, 2.24) is 19.9 Å². The van der Waals surface area contributed by atoms with Crippen LogP contribution in [0.2, 0.25) is 0 Å². The molecule has 0 spiro atoms. The van der Waals surface area contributed by atoms with Crippen LogP contribution < -0.4 is 0 Å². The number of amides is 1. The fourth-order valence-corrected chi connectivity index (χ4v) is 3.38. The van der Waals surface area contributed by atoms with Gasteiger partial charge in [0.2, 0.25) is 0 Å². The molecule has 1 aromatic carbocycles. The van der Waals surface area contributed by atoms with Gasteiger partial charge in [0.15, 0.2) is 0 Å². The van der Waals surface area contributed by atoms with Gasteiger partial charge in [-0.2, -0.15) is 0 Å². The van der Waals surface area contributed by atoms with E-state index in [2.05, 4.69) is 26.2 Å². The first-order chi connectivity index (χ1) is 11.2. The number of aromatic nitrogens is 3. The summed E-state index contributed by atoms with van der Waals surface area (Å²) in [7, 11) is 0. The molecule has 1 aliphatic rings. The number of carbonyl (C=O) groups excluding carboxylic acids is 1. The zero-order valence-corrected chi connectivity index (χ0v) is 15.5. The summed E-state index contributed by atoms with van der Waals surface area (Å²) >= 11 is 3.31. The van der Waals surface area contributed by atoms with Gasteiger partial charge >= 0.3 is 6.09 Å². The van der Waals surface area contributed by atoms with Gasteiger partial charge in [0, 0.05) is 19.2 Å². The Morgan fingerprint density at radius 3 is 2.88 bits per heavy atom. The number of carbonyl (C=O) groups is 1. The molecule has 1 unspecified atom stereocenters. The maximum Gasteiger partial charge on any atom is 0.410 e. The van der Waals surface area contributed by atoms with E-state index in [4.69, 9.17) is 4.74 Å². The molecule has 0 radical (unpaired) electrons. The third kappa shape index (κ3) is 3.53. The van der Waals surface area contributed by atoms with Crippen molar-refractivity contribution < 1.29 is 13.9 Å². The highest BCUT2D eigenvalue weighted by Gasteiger charge is 2.29. The molecule has 1 fully saturated rings. The maximum absolute atomic E-state index is 13.7. The molecular weight excluding hydrogens is 379 g/mol. The second-order valence-electron chi connectivity index (χ2n) is 7.01. The molecule has 0 aliphatic carbocycles. The number of rotatable bonds is 1. The molecule has 1 aliphatic heterocycles. The van der Waals surface area contributed by atoms with Crippen LogP contribution in [0, 0.1) is 5.82 Å². The van der Waals surface area contributed by atoms with Gasteiger partial charge < -0.3 is 9.64 Å². The summed E-state index contributed by atoms with van der Waals surface area (Å²) in [6.07, 6.45) is 1.36. The number of piperidine rings is 1. The molecular formula is C16H20BrFN4O2. The van der Waals surface area contributed by atoms with Crippen LogP contribution in [0.4, 0.5) is 9.18 Å². The number of likely N-dealkylation sites (tertiary alicyclic amines) is 1. The third-order valence-electron chi connectivity index (χ3n) is 3.89. The van der Waals surface area contributed by atoms with E-state index in [1.165, 1.54) is 12.1 Å². The lowest BCUT2D eigenvalue weighted by Crippen LogP contribution is -2.43. The summed E-state index contributed by atoms with van der Waals surface area (Å²) < 4.78 is 21.5. The number of fused-ring (bicyclic) bond motifs is 1. The standard InChI is InChI=1S/C16H20BrFN4O2/c1-16(2,3)24-15(23)21-6-4-5-11(9-21)22-13-8-10(18)7-12(17)14(13)19-20-22/h7-8,11H,4-6,9H2,1-3H3. The smallest absolute Gasteiger partial charge is 0.410 e. The Balaban J connectivity index is 1.84. The summed E-state index contributed by atoms with van der Waals surface area (Å²) in [6.45, 7) is 6.66. The maximum atomic E-state index is 13.7. The quantitative estimate of drug-likeness (QED) is 0.730. The van der Waals surface area contributed by atoms with Crippen molar-refractivity contribution in [2.75, 3.05) is 13.1 Å². The molecule has 0 bridgehead atoms. The van der Waals surface area contributed by atoms with E-state index in [9.17, 15) is 9.18 Å². The summed E-state index contributed by atoms with van der Waals surface area (Å²) in [5.41, 5.74) is 0.710. The van der Waals surface area contributed by atoms with Crippen molar-refractivity contribution in [2.24, 2.45) is 0 Å². The number of ether oxygens (including phenoxy) is 1. The Morgan fingerprint density at radius 1 is 1.42 bits per heavy atom. The Kier molecular flexibility index (Phi) is 4.50. The topological polar surface area (TPSA) is 60.2 Å². The molecule has 6 nitrogen and oxygen atoms in total. The predicted octanol–water partition coefficient (Wildman–Crippen LogP) is 3.90. The number of hydrogen-bond donors (Lipinski definition) is 0. The zero-order valence-electron chi connectivity index (χ0n) is 13.9. The first-order valence-electron chi connectivity index (χ1n) is 7.92. The molecule has 1 aromatic heterocycles. The molecule has 1 atom stereocenters. The normalized spacial score (nSPS) is 18.9. The van der Waals surface area contributed by atoms with Crippen molar-refractivity contribution in [2.45, 2.75) is 45.3 Å². The highest BCUT2D eigenvalue weighted by molar-refractivity contribution is 9.10. The first kappa shape index (κ1) is 17.1.